The maximum atomic E-state index is 10.7. The van der Waals surface area contributed by atoms with Crippen molar-refractivity contribution in [2.75, 3.05) is 13.1 Å². The van der Waals surface area contributed by atoms with E-state index in [1.807, 2.05) is 6.92 Å². The van der Waals surface area contributed by atoms with Crippen LogP contribution in [0.1, 0.15) is 37.8 Å². The van der Waals surface area contributed by atoms with Crippen LogP contribution in [0, 0.1) is 5.92 Å². The highest BCUT2D eigenvalue weighted by Crippen LogP contribution is 2.31. The molecular weight excluding hydrogens is 258 g/mol. The first-order valence-electron chi connectivity index (χ1n) is 6.94. The highest BCUT2D eigenvalue weighted by molar-refractivity contribution is 5.67. The minimum absolute atomic E-state index is 0.0626. The zero-order valence-corrected chi connectivity index (χ0v) is 11.6. The van der Waals surface area contributed by atoms with Crippen LogP contribution >= 0.6 is 0 Å². The molecule has 0 amide bonds. The normalized spacial score (nSPS) is 18.9. The average Bonchev–Trinajstić information content (AvgIpc) is 2.37. The Morgan fingerprint density at radius 3 is 2.30 bits per heavy atom. The Balaban J connectivity index is 1.97. The fraction of sp³-hybridized carbons (Fsp3) is 0.533. The van der Waals surface area contributed by atoms with Gasteiger partial charge in [-0.25, -0.2) is 0 Å². The quantitative estimate of drug-likeness (QED) is 0.788. The summed E-state index contributed by atoms with van der Waals surface area (Å²) in [5, 5.41) is 27.9. The van der Waals surface area contributed by atoms with Gasteiger partial charge in [-0.3, -0.25) is 9.69 Å². The summed E-state index contributed by atoms with van der Waals surface area (Å²) in [7, 11) is 0. The molecule has 110 valence electrons. The van der Waals surface area contributed by atoms with Gasteiger partial charge < -0.3 is 15.3 Å². The summed E-state index contributed by atoms with van der Waals surface area (Å²) in [4.78, 5) is 13.0. The second kappa shape index (κ2) is 6.13. The first kappa shape index (κ1) is 14.7. The molecule has 0 bridgehead atoms. The van der Waals surface area contributed by atoms with Crippen LogP contribution in [-0.2, 0) is 4.79 Å². The Labute approximate surface area is 118 Å². The molecule has 0 radical (unpaired) electrons. The number of hydrogen-bond donors (Lipinski definition) is 3. The van der Waals surface area contributed by atoms with Gasteiger partial charge in [-0.1, -0.05) is 0 Å². The number of phenols is 2. The lowest BCUT2D eigenvalue weighted by Gasteiger charge is -2.35. The fourth-order valence-electron chi connectivity index (χ4n) is 2.86. The van der Waals surface area contributed by atoms with Gasteiger partial charge in [0.05, 0.1) is 0 Å². The van der Waals surface area contributed by atoms with Crippen molar-refractivity contribution in [2.45, 2.75) is 32.2 Å². The van der Waals surface area contributed by atoms with Crippen LogP contribution < -0.4 is 0 Å². The maximum Gasteiger partial charge on any atom is 0.303 e. The number of aromatic hydroxyl groups is 2. The van der Waals surface area contributed by atoms with Crippen molar-refractivity contribution in [1.82, 2.24) is 4.90 Å². The Morgan fingerprint density at radius 2 is 1.80 bits per heavy atom. The molecule has 0 spiro atoms. The van der Waals surface area contributed by atoms with E-state index in [9.17, 15) is 15.0 Å². The highest BCUT2D eigenvalue weighted by Gasteiger charge is 2.25. The summed E-state index contributed by atoms with van der Waals surface area (Å²) in [6.07, 6.45) is 2.00. The van der Waals surface area contributed by atoms with Crippen LogP contribution in [0.25, 0.3) is 0 Å². The molecule has 1 aliphatic heterocycles. The molecule has 20 heavy (non-hydrogen) atoms. The highest BCUT2D eigenvalue weighted by atomic mass is 16.4. The molecule has 0 aromatic heterocycles. The predicted molar refractivity (Wildman–Crippen MR) is 74.7 cm³/mol. The van der Waals surface area contributed by atoms with Gasteiger partial charge in [0.15, 0.2) is 0 Å². The monoisotopic (exact) mass is 279 g/mol. The molecule has 1 aliphatic rings. The Kier molecular flexibility index (Phi) is 4.49. The van der Waals surface area contributed by atoms with Gasteiger partial charge in [-0.2, -0.15) is 0 Å². The Hall–Kier alpha value is -1.75. The van der Waals surface area contributed by atoms with Gasteiger partial charge in [0.2, 0.25) is 0 Å². The summed E-state index contributed by atoms with van der Waals surface area (Å²) in [6.45, 7) is 3.72. The third kappa shape index (κ3) is 3.63. The van der Waals surface area contributed by atoms with E-state index in [1.165, 1.54) is 6.07 Å². The number of aliphatic carboxylic acids is 1. The lowest BCUT2D eigenvalue weighted by Crippen LogP contribution is -2.36. The average molecular weight is 279 g/mol. The summed E-state index contributed by atoms with van der Waals surface area (Å²) >= 11 is 0. The van der Waals surface area contributed by atoms with Gasteiger partial charge in [-0.05, 0) is 56.5 Å². The summed E-state index contributed by atoms with van der Waals surface area (Å²) < 4.78 is 0. The molecule has 3 N–H and O–H groups in total. The van der Waals surface area contributed by atoms with E-state index in [0.717, 1.165) is 31.5 Å². The van der Waals surface area contributed by atoms with E-state index in [4.69, 9.17) is 5.11 Å². The standard InChI is InChI=1S/C15H21NO4/c1-10(12-7-13(17)9-14(18)8-12)16-4-2-11(3-5-16)6-15(19)20/h7-11,17-18H,2-6H2,1H3,(H,19,20). The van der Waals surface area contributed by atoms with Crippen molar-refractivity contribution in [1.29, 1.82) is 0 Å². The number of carboxylic acids is 1. The van der Waals surface area contributed by atoms with Crippen molar-refractivity contribution in [2.24, 2.45) is 5.92 Å². The van der Waals surface area contributed by atoms with E-state index in [-0.39, 0.29) is 29.9 Å². The number of piperidine rings is 1. The number of nitrogens with zero attached hydrogens (tertiary/aromatic N) is 1. The zero-order chi connectivity index (χ0) is 14.7. The third-order valence-corrected chi connectivity index (χ3v) is 4.07. The molecule has 1 aromatic rings. The number of carboxylic acid groups (broad SMARTS) is 1. The van der Waals surface area contributed by atoms with Crippen LogP contribution in [0.5, 0.6) is 11.5 Å². The van der Waals surface area contributed by atoms with Crippen molar-refractivity contribution < 1.29 is 20.1 Å². The van der Waals surface area contributed by atoms with Gasteiger partial charge in [0.25, 0.3) is 0 Å². The topological polar surface area (TPSA) is 81.0 Å². The zero-order valence-electron chi connectivity index (χ0n) is 11.6. The number of rotatable bonds is 4. The molecule has 5 nitrogen and oxygen atoms in total. The lowest BCUT2D eigenvalue weighted by molar-refractivity contribution is -0.138. The van der Waals surface area contributed by atoms with Gasteiger partial charge in [0, 0.05) is 18.5 Å². The van der Waals surface area contributed by atoms with E-state index in [0.29, 0.717) is 0 Å². The Morgan fingerprint density at radius 1 is 1.25 bits per heavy atom. The minimum atomic E-state index is -0.727. The molecule has 2 rings (SSSR count). The van der Waals surface area contributed by atoms with Crippen molar-refractivity contribution in [3.8, 4) is 11.5 Å². The van der Waals surface area contributed by atoms with Gasteiger partial charge >= 0.3 is 5.97 Å². The minimum Gasteiger partial charge on any atom is -0.508 e. The van der Waals surface area contributed by atoms with Crippen LogP contribution in [0.2, 0.25) is 0 Å². The van der Waals surface area contributed by atoms with Crippen LogP contribution in [0.3, 0.4) is 0 Å². The van der Waals surface area contributed by atoms with E-state index >= 15 is 0 Å². The van der Waals surface area contributed by atoms with Crippen LogP contribution in [0.15, 0.2) is 18.2 Å². The first-order valence-corrected chi connectivity index (χ1v) is 6.94. The summed E-state index contributed by atoms with van der Waals surface area (Å²) in [6, 6.07) is 4.73. The molecule has 1 unspecified atom stereocenters. The molecular formula is C15H21NO4. The van der Waals surface area contributed by atoms with E-state index in [2.05, 4.69) is 4.90 Å². The molecule has 1 saturated heterocycles. The van der Waals surface area contributed by atoms with Crippen LogP contribution in [0.4, 0.5) is 0 Å². The van der Waals surface area contributed by atoms with Crippen molar-refractivity contribution in [3.63, 3.8) is 0 Å². The number of carbonyl (C=O) groups is 1. The van der Waals surface area contributed by atoms with Crippen LogP contribution in [-0.4, -0.2) is 39.3 Å². The fourth-order valence-corrected chi connectivity index (χ4v) is 2.86. The predicted octanol–water partition coefficient (Wildman–Crippen LogP) is 2.35. The van der Waals surface area contributed by atoms with Gasteiger partial charge in [-0.15, -0.1) is 0 Å². The number of hydrogen-bond acceptors (Lipinski definition) is 4. The van der Waals surface area contributed by atoms with E-state index < -0.39 is 5.97 Å². The lowest BCUT2D eigenvalue weighted by atomic mass is 9.92. The molecule has 5 heteroatoms. The number of benzene rings is 1. The molecule has 1 aromatic carbocycles. The third-order valence-electron chi connectivity index (χ3n) is 4.07. The van der Waals surface area contributed by atoms with Gasteiger partial charge in [0.1, 0.15) is 11.5 Å². The first-order chi connectivity index (χ1) is 9.45. The van der Waals surface area contributed by atoms with E-state index in [1.54, 1.807) is 12.1 Å². The molecule has 1 heterocycles. The molecule has 1 fully saturated rings. The largest absolute Gasteiger partial charge is 0.508 e. The Bertz CT molecular complexity index is 461. The number of likely N-dealkylation sites (tertiary alicyclic amines) is 1. The number of phenolic OH excluding ortho intramolecular Hbond substituents is 2. The smallest absolute Gasteiger partial charge is 0.303 e. The molecule has 1 atom stereocenters. The van der Waals surface area contributed by atoms with Crippen molar-refractivity contribution >= 4 is 5.97 Å². The SMILES string of the molecule is CC(c1cc(O)cc(O)c1)N1CCC(CC(=O)O)CC1. The second-order valence-electron chi connectivity index (χ2n) is 5.54. The summed E-state index contributed by atoms with van der Waals surface area (Å²) in [5.74, 6) is -0.344. The molecule has 0 aliphatic carbocycles. The maximum absolute atomic E-state index is 10.7. The molecule has 0 saturated carbocycles. The second-order valence-corrected chi connectivity index (χ2v) is 5.54. The van der Waals surface area contributed by atoms with Crippen molar-refractivity contribution in [3.05, 3.63) is 23.8 Å². The summed E-state index contributed by atoms with van der Waals surface area (Å²) in [5.41, 5.74) is 0.874.